The summed E-state index contributed by atoms with van der Waals surface area (Å²) in [6, 6.07) is 4.42. The molecular weight excluding hydrogens is 252 g/mol. The molecule has 5 heteroatoms. The average molecular weight is 262 g/mol. The second-order valence-electron chi connectivity index (χ2n) is 3.74. The number of rotatable bonds is 1. The Morgan fingerprint density at radius 1 is 1.50 bits per heavy atom. The molecule has 1 aromatic carbocycles. The van der Waals surface area contributed by atoms with Crippen molar-refractivity contribution in [1.29, 1.82) is 0 Å². The number of alkyl halides is 1. The Hall–Kier alpha value is -0.800. The molecule has 1 fully saturated rings. The largest absolute Gasteiger partial charge is 0.337 e. The highest BCUT2D eigenvalue weighted by Gasteiger charge is 2.27. The zero-order valence-corrected chi connectivity index (χ0v) is 9.93. The summed E-state index contributed by atoms with van der Waals surface area (Å²) >= 11 is 11.5. The van der Waals surface area contributed by atoms with Crippen molar-refractivity contribution in [2.75, 3.05) is 13.1 Å². The predicted octanol–water partition coefficient (Wildman–Crippen LogP) is 2.93. The lowest BCUT2D eigenvalue weighted by molar-refractivity contribution is 0.0788. The van der Waals surface area contributed by atoms with Crippen LogP contribution in [0.15, 0.2) is 18.2 Å². The van der Waals surface area contributed by atoms with Gasteiger partial charge in [0.2, 0.25) is 0 Å². The molecule has 0 spiro atoms. The average Bonchev–Trinajstić information content (AvgIpc) is 2.68. The van der Waals surface area contributed by atoms with Crippen LogP contribution in [0.3, 0.4) is 0 Å². The van der Waals surface area contributed by atoms with Crippen LogP contribution in [0, 0.1) is 5.82 Å². The number of hydrogen-bond donors (Lipinski definition) is 0. The van der Waals surface area contributed by atoms with Crippen LogP contribution in [-0.2, 0) is 0 Å². The number of carbonyl (C=O) groups excluding carboxylic acids is 1. The van der Waals surface area contributed by atoms with Gasteiger partial charge in [-0.3, -0.25) is 4.79 Å². The molecule has 1 amide bonds. The van der Waals surface area contributed by atoms with E-state index in [0.717, 1.165) is 6.42 Å². The van der Waals surface area contributed by atoms with Gasteiger partial charge in [0.1, 0.15) is 0 Å². The maximum Gasteiger partial charge on any atom is 0.256 e. The fourth-order valence-corrected chi connectivity index (χ4v) is 2.18. The first-order valence-electron chi connectivity index (χ1n) is 4.97. The lowest BCUT2D eigenvalue weighted by atomic mass is 10.2. The third-order valence-corrected chi connectivity index (χ3v) is 3.25. The maximum atomic E-state index is 13.6. The Balaban J connectivity index is 2.24. The molecule has 0 radical (unpaired) electrons. The molecular formula is C11H10Cl2FNO. The Morgan fingerprint density at radius 2 is 2.25 bits per heavy atom. The number of amides is 1. The second-order valence-corrected chi connectivity index (χ2v) is 4.76. The second kappa shape index (κ2) is 4.60. The fourth-order valence-electron chi connectivity index (χ4n) is 1.74. The van der Waals surface area contributed by atoms with Gasteiger partial charge in [-0.05, 0) is 18.6 Å². The first-order chi connectivity index (χ1) is 7.59. The van der Waals surface area contributed by atoms with Crippen molar-refractivity contribution in [3.05, 3.63) is 34.6 Å². The molecule has 1 aromatic rings. The molecule has 0 aromatic heterocycles. The van der Waals surface area contributed by atoms with Crippen molar-refractivity contribution >= 4 is 29.1 Å². The molecule has 1 heterocycles. The molecule has 1 aliphatic rings. The molecule has 0 N–H and O–H groups in total. The van der Waals surface area contributed by atoms with Crippen molar-refractivity contribution in [3.63, 3.8) is 0 Å². The van der Waals surface area contributed by atoms with Crippen LogP contribution in [0.2, 0.25) is 5.02 Å². The number of nitrogens with zero attached hydrogens (tertiary/aromatic N) is 1. The zero-order valence-electron chi connectivity index (χ0n) is 8.42. The number of benzene rings is 1. The third kappa shape index (κ3) is 2.15. The highest BCUT2D eigenvalue weighted by molar-refractivity contribution is 6.31. The number of hydrogen-bond acceptors (Lipinski definition) is 1. The standard InChI is InChI=1S/C11H10Cl2FNO/c12-7-4-5-15(6-7)11(16)8-2-1-3-9(13)10(8)14/h1-3,7H,4-6H2. The maximum absolute atomic E-state index is 13.6. The van der Waals surface area contributed by atoms with Crippen LogP contribution in [0.25, 0.3) is 0 Å². The summed E-state index contributed by atoms with van der Waals surface area (Å²) in [7, 11) is 0. The molecule has 86 valence electrons. The summed E-state index contributed by atoms with van der Waals surface area (Å²) < 4.78 is 13.6. The fraction of sp³-hybridized carbons (Fsp3) is 0.364. The molecule has 1 saturated heterocycles. The van der Waals surface area contributed by atoms with Crippen LogP contribution < -0.4 is 0 Å². The van der Waals surface area contributed by atoms with Gasteiger partial charge in [0.25, 0.3) is 5.91 Å². The topological polar surface area (TPSA) is 20.3 Å². The summed E-state index contributed by atoms with van der Waals surface area (Å²) in [4.78, 5) is 13.5. The zero-order chi connectivity index (χ0) is 11.7. The van der Waals surface area contributed by atoms with E-state index in [1.54, 1.807) is 11.0 Å². The van der Waals surface area contributed by atoms with Crippen molar-refractivity contribution < 1.29 is 9.18 Å². The predicted molar refractivity (Wildman–Crippen MR) is 61.6 cm³/mol. The number of likely N-dealkylation sites (tertiary alicyclic amines) is 1. The molecule has 1 aliphatic heterocycles. The summed E-state index contributed by atoms with van der Waals surface area (Å²) in [6.45, 7) is 1.03. The molecule has 1 atom stereocenters. The molecule has 0 saturated carbocycles. The lowest BCUT2D eigenvalue weighted by Crippen LogP contribution is -2.29. The molecule has 2 rings (SSSR count). The van der Waals surface area contributed by atoms with Gasteiger partial charge in [-0.2, -0.15) is 0 Å². The van der Waals surface area contributed by atoms with Gasteiger partial charge in [-0.25, -0.2) is 4.39 Å². The van der Waals surface area contributed by atoms with E-state index in [1.165, 1.54) is 12.1 Å². The van der Waals surface area contributed by atoms with E-state index in [2.05, 4.69) is 0 Å². The van der Waals surface area contributed by atoms with E-state index in [4.69, 9.17) is 23.2 Å². The first-order valence-corrected chi connectivity index (χ1v) is 5.78. The van der Waals surface area contributed by atoms with E-state index >= 15 is 0 Å². The monoisotopic (exact) mass is 261 g/mol. The molecule has 2 nitrogen and oxygen atoms in total. The van der Waals surface area contributed by atoms with Gasteiger partial charge in [-0.15, -0.1) is 11.6 Å². The van der Waals surface area contributed by atoms with Gasteiger partial charge in [-0.1, -0.05) is 17.7 Å². The van der Waals surface area contributed by atoms with Crippen LogP contribution in [-0.4, -0.2) is 29.3 Å². The minimum atomic E-state index is -0.660. The van der Waals surface area contributed by atoms with Gasteiger partial charge in [0, 0.05) is 13.1 Å². The van der Waals surface area contributed by atoms with E-state index < -0.39 is 5.82 Å². The van der Waals surface area contributed by atoms with E-state index in [9.17, 15) is 9.18 Å². The Morgan fingerprint density at radius 3 is 2.88 bits per heavy atom. The van der Waals surface area contributed by atoms with Crippen molar-refractivity contribution in [2.45, 2.75) is 11.8 Å². The summed E-state index contributed by atoms with van der Waals surface area (Å²) in [5, 5.41) is -0.0707. The number of halogens is 3. The van der Waals surface area contributed by atoms with Crippen LogP contribution in [0.4, 0.5) is 4.39 Å². The van der Waals surface area contributed by atoms with Crippen molar-refractivity contribution in [2.24, 2.45) is 0 Å². The van der Waals surface area contributed by atoms with Crippen LogP contribution in [0.5, 0.6) is 0 Å². The third-order valence-electron chi connectivity index (χ3n) is 2.60. The highest BCUT2D eigenvalue weighted by atomic mass is 35.5. The first kappa shape index (κ1) is 11.7. The summed E-state index contributed by atoms with van der Waals surface area (Å²) in [5.74, 6) is -1.00. The van der Waals surface area contributed by atoms with E-state index in [0.29, 0.717) is 13.1 Å². The Labute approximate surface area is 103 Å². The molecule has 16 heavy (non-hydrogen) atoms. The SMILES string of the molecule is O=C(c1cccc(Cl)c1F)N1CCC(Cl)C1. The molecule has 0 aliphatic carbocycles. The highest BCUT2D eigenvalue weighted by Crippen LogP contribution is 2.22. The molecule has 1 unspecified atom stereocenters. The minimum Gasteiger partial charge on any atom is -0.337 e. The number of carbonyl (C=O) groups is 1. The van der Waals surface area contributed by atoms with Gasteiger partial charge in [0.05, 0.1) is 16.0 Å². The Bertz CT molecular complexity index is 424. The van der Waals surface area contributed by atoms with Gasteiger partial charge in [0.15, 0.2) is 5.82 Å². The smallest absolute Gasteiger partial charge is 0.256 e. The van der Waals surface area contributed by atoms with E-state index in [1.807, 2.05) is 0 Å². The normalized spacial score (nSPS) is 20.2. The minimum absolute atomic E-state index is 0.0123. The quantitative estimate of drug-likeness (QED) is 0.712. The van der Waals surface area contributed by atoms with Crippen LogP contribution >= 0.6 is 23.2 Å². The molecule has 0 bridgehead atoms. The summed E-state index contributed by atoms with van der Waals surface area (Å²) in [5.41, 5.74) is 0.0123. The Kier molecular flexibility index (Phi) is 3.36. The lowest BCUT2D eigenvalue weighted by Gasteiger charge is -2.16. The van der Waals surface area contributed by atoms with Gasteiger partial charge < -0.3 is 4.90 Å². The van der Waals surface area contributed by atoms with Crippen molar-refractivity contribution in [3.8, 4) is 0 Å². The van der Waals surface area contributed by atoms with E-state index in [-0.39, 0.29) is 21.9 Å². The van der Waals surface area contributed by atoms with Crippen molar-refractivity contribution in [1.82, 2.24) is 4.90 Å². The summed E-state index contributed by atoms with van der Waals surface area (Å²) in [6.07, 6.45) is 0.746. The van der Waals surface area contributed by atoms with Crippen LogP contribution in [0.1, 0.15) is 16.8 Å². The van der Waals surface area contributed by atoms with Gasteiger partial charge >= 0.3 is 0 Å².